The zero-order chi connectivity index (χ0) is 14.0. The maximum absolute atomic E-state index is 11.7. The zero-order valence-electron chi connectivity index (χ0n) is 11.8. The van der Waals surface area contributed by atoms with E-state index < -0.39 is 0 Å². The van der Waals surface area contributed by atoms with Gasteiger partial charge in [-0.05, 0) is 39.7 Å². The van der Waals surface area contributed by atoms with Crippen LogP contribution in [-0.2, 0) is 11.2 Å². The number of carbonyl (C=O) groups is 1. The summed E-state index contributed by atoms with van der Waals surface area (Å²) in [6, 6.07) is 0.173. The van der Waals surface area contributed by atoms with Crippen LogP contribution in [0.1, 0.15) is 37.1 Å². The first kappa shape index (κ1) is 13.5. The first-order chi connectivity index (χ1) is 8.99. The smallest absolute Gasteiger partial charge is 0.220 e. The van der Waals surface area contributed by atoms with Gasteiger partial charge in [0.15, 0.2) is 5.65 Å². The minimum atomic E-state index is 0.0649. The van der Waals surface area contributed by atoms with Crippen molar-refractivity contribution in [2.75, 3.05) is 0 Å². The van der Waals surface area contributed by atoms with Crippen molar-refractivity contribution in [2.45, 2.75) is 46.6 Å². The van der Waals surface area contributed by atoms with E-state index in [1.165, 1.54) is 0 Å². The molecule has 6 heteroatoms. The fourth-order valence-electron chi connectivity index (χ4n) is 2.18. The number of hydrogen-bond acceptors (Lipinski definition) is 4. The van der Waals surface area contributed by atoms with Crippen LogP contribution in [0.3, 0.4) is 0 Å². The largest absolute Gasteiger partial charge is 0.354 e. The summed E-state index contributed by atoms with van der Waals surface area (Å²) in [6.45, 7) is 7.85. The molecular formula is C13H19N5O. The van der Waals surface area contributed by atoms with Crippen LogP contribution >= 0.6 is 0 Å². The van der Waals surface area contributed by atoms with Crippen molar-refractivity contribution in [1.29, 1.82) is 0 Å². The van der Waals surface area contributed by atoms with Crippen molar-refractivity contribution in [1.82, 2.24) is 25.1 Å². The highest BCUT2D eigenvalue weighted by atomic mass is 16.1. The van der Waals surface area contributed by atoms with Crippen LogP contribution in [0.15, 0.2) is 6.33 Å². The molecule has 0 fully saturated rings. The molecule has 0 aliphatic carbocycles. The van der Waals surface area contributed by atoms with Gasteiger partial charge < -0.3 is 5.32 Å². The Balaban J connectivity index is 2.18. The summed E-state index contributed by atoms with van der Waals surface area (Å²) in [6.07, 6.45) is 2.73. The van der Waals surface area contributed by atoms with Gasteiger partial charge in [0, 0.05) is 18.0 Å². The molecule has 0 saturated carbocycles. The van der Waals surface area contributed by atoms with Crippen LogP contribution < -0.4 is 5.32 Å². The Kier molecular flexibility index (Phi) is 3.78. The summed E-state index contributed by atoms with van der Waals surface area (Å²) >= 11 is 0. The first-order valence-corrected chi connectivity index (χ1v) is 6.44. The molecule has 0 radical (unpaired) electrons. The number of nitrogens with one attached hydrogen (secondary N) is 1. The van der Waals surface area contributed by atoms with Gasteiger partial charge in [0.1, 0.15) is 6.33 Å². The molecule has 0 unspecified atom stereocenters. The highest BCUT2D eigenvalue weighted by Crippen LogP contribution is 2.17. The zero-order valence-corrected chi connectivity index (χ0v) is 11.8. The van der Waals surface area contributed by atoms with E-state index in [0.717, 1.165) is 22.5 Å². The molecule has 0 bridgehead atoms. The monoisotopic (exact) mass is 261 g/mol. The van der Waals surface area contributed by atoms with Gasteiger partial charge in [-0.25, -0.2) is 4.52 Å². The highest BCUT2D eigenvalue weighted by Gasteiger charge is 2.12. The molecule has 0 spiro atoms. The standard InChI is InChI=1S/C13H19N5O/c1-8(2)15-12(19)6-5-11-9(3)13-16-14-7-18(13)17-10(11)4/h7-8H,5-6H2,1-4H3,(H,15,19). The number of carbonyl (C=O) groups excluding carboxylic acids is 1. The number of rotatable bonds is 4. The second kappa shape index (κ2) is 5.34. The van der Waals surface area contributed by atoms with Crippen molar-refractivity contribution >= 4 is 11.6 Å². The molecule has 2 aromatic heterocycles. The molecule has 0 aromatic carbocycles. The van der Waals surface area contributed by atoms with Crippen LogP contribution in [0.4, 0.5) is 0 Å². The molecule has 0 atom stereocenters. The molecule has 102 valence electrons. The molecule has 1 N–H and O–H groups in total. The van der Waals surface area contributed by atoms with Gasteiger partial charge in [-0.15, -0.1) is 10.2 Å². The summed E-state index contributed by atoms with van der Waals surface area (Å²) in [4.78, 5) is 11.7. The van der Waals surface area contributed by atoms with Gasteiger partial charge in [0.05, 0.1) is 5.69 Å². The van der Waals surface area contributed by atoms with E-state index >= 15 is 0 Å². The van der Waals surface area contributed by atoms with E-state index in [4.69, 9.17) is 0 Å². The molecule has 0 aliphatic heterocycles. The van der Waals surface area contributed by atoms with Crippen LogP contribution in [0, 0.1) is 13.8 Å². The summed E-state index contributed by atoms with van der Waals surface area (Å²) in [5.41, 5.74) is 3.80. The minimum Gasteiger partial charge on any atom is -0.354 e. The Morgan fingerprint density at radius 3 is 2.84 bits per heavy atom. The van der Waals surface area contributed by atoms with Gasteiger partial charge in [0.25, 0.3) is 0 Å². The van der Waals surface area contributed by atoms with Crippen molar-refractivity contribution < 1.29 is 4.79 Å². The maximum atomic E-state index is 11.7. The molecule has 1 amide bonds. The fraction of sp³-hybridized carbons (Fsp3) is 0.538. The lowest BCUT2D eigenvalue weighted by Crippen LogP contribution is -2.30. The third kappa shape index (κ3) is 2.89. The Morgan fingerprint density at radius 1 is 1.42 bits per heavy atom. The van der Waals surface area contributed by atoms with E-state index in [-0.39, 0.29) is 11.9 Å². The van der Waals surface area contributed by atoms with Crippen molar-refractivity contribution in [3.05, 3.63) is 23.1 Å². The molecular weight excluding hydrogens is 242 g/mol. The molecule has 0 saturated heterocycles. The fourth-order valence-corrected chi connectivity index (χ4v) is 2.18. The highest BCUT2D eigenvalue weighted by molar-refractivity contribution is 5.76. The third-order valence-electron chi connectivity index (χ3n) is 3.06. The van der Waals surface area contributed by atoms with Crippen LogP contribution in [0.5, 0.6) is 0 Å². The van der Waals surface area contributed by atoms with E-state index in [1.54, 1.807) is 10.8 Å². The lowest BCUT2D eigenvalue weighted by Gasteiger charge is -2.11. The minimum absolute atomic E-state index is 0.0649. The molecule has 19 heavy (non-hydrogen) atoms. The van der Waals surface area contributed by atoms with Crippen LogP contribution in [0.2, 0.25) is 0 Å². The number of aryl methyl sites for hydroxylation is 2. The molecule has 0 aliphatic rings. The van der Waals surface area contributed by atoms with E-state index in [1.807, 2.05) is 27.7 Å². The summed E-state index contributed by atoms with van der Waals surface area (Å²) < 4.78 is 1.67. The molecule has 6 nitrogen and oxygen atoms in total. The lowest BCUT2D eigenvalue weighted by atomic mass is 10.0. The van der Waals surface area contributed by atoms with Gasteiger partial charge in [-0.1, -0.05) is 0 Å². The Hall–Kier alpha value is -1.98. The van der Waals surface area contributed by atoms with Gasteiger partial charge in [-0.2, -0.15) is 5.10 Å². The van der Waals surface area contributed by atoms with Crippen molar-refractivity contribution in [2.24, 2.45) is 0 Å². The molecule has 2 heterocycles. The number of amides is 1. The maximum Gasteiger partial charge on any atom is 0.220 e. The van der Waals surface area contributed by atoms with Crippen molar-refractivity contribution in [3.8, 4) is 0 Å². The number of nitrogens with zero attached hydrogens (tertiary/aromatic N) is 4. The molecule has 2 aromatic rings. The third-order valence-corrected chi connectivity index (χ3v) is 3.06. The Labute approximate surface area is 112 Å². The Morgan fingerprint density at radius 2 is 2.16 bits per heavy atom. The van der Waals surface area contributed by atoms with Crippen LogP contribution in [-0.4, -0.2) is 31.8 Å². The van der Waals surface area contributed by atoms with Gasteiger partial charge in [0.2, 0.25) is 5.91 Å². The van der Waals surface area contributed by atoms with E-state index in [2.05, 4.69) is 20.6 Å². The SMILES string of the molecule is Cc1nn2cnnc2c(C)c1CCC(=O)NC(C)C. The summed E-state index contributed by atoms with van der Waals surface area (Å²) in [5.74, 6) is 0.0649. The Bertz CT molecular complexity index is 602. The quantitative estimate of drug-likeness (QED) is 0.897. The second-order valence-corrected chi connectivity index (χ2v) is 5.01. The predicted molar refractivity (Wildman–Crippen MR) is 71.9 cm³/mol. The molecule has 2 rings (SSSR count). The number of aromatic nitrogens is 4. The van der Waals surface area contributed by atoms with Gasteiger partial charge >= 0.3 is 0 Å². The second-order valence-electron chi connectivity index (χ2n) is 5.01. The predicted octanol–water partition coefficient (Wildman–Crippen LogP) is 1.20. The summed E-state index contributed by atoms with van der Waals surface area (Å²) in [7, 11) is 0. The first-order valence-electron chi connectivity index (χ1n) is 6.44. The number of fused-ring (bicyclic) bond motifs is 1. The van der Waals surface area contributed by atoms with E-state index in [9.17, 15) is 4.79 Å². The average molecular weight is 261 g/mol. The summed E-state index contributed by atoms with van der Waals surface area (Å²) in [5, 5.41) is 15.2. The van der Waals surface area contributed by atoms with Crippen molar-refractivity contribution in [3.63, 3.8) is 0 Å². The van der Waals surface area contributed by atoms with E-state index in [0.29, 0.717) is 12.8 Å². The van der Waals surface area contributed by atoms with Crippen LogP contribution in [0.25, 0.3) is 5.65 Å². The lowest BCUT2D eigenvalue weighted by molar-refractivity contribution is -0.121. The average Bonchev–Trinajstić information content (AvgIpc) is 2.75. The topological polar surface area (TPSA) is 72.2 Å². The normalized spacial score (nSPS) is 11.2. The number of hydrogen-bond donors (Lipinski definition) is 1. The van der Waals surface area contributed by atoms with Gasteiger partial charge in [-0.3, -0.25) is 4.79 Å².